The molecule has 9 heteroatoms. The Bertz CT molecular complexity index is 1860. The summed E-state index contributed by atoms with van der Waals surface area (Å²) in [5.41, 5.74) is 0.873. The van der Waals surface area contributed by atoms with E-state index in [1.165, 1.54) is 5.57 Å². The summed E-state index contributed by atoms with van der Waals surface area (Å²) in [6, 6.07) is 7.66. The summed E-state index contributed by atoms with van der Waals surface area (Å²) >= 11 is 6.12. The van der Waals surface area contributed by atoms with Gasteiger partial charge < -0.3 is 15.2 Å². The number of Topliss-reactive ketones (excluding diaryl/α,β-unsaturated/α-hetero) is 1. The van der Waals surface area contributed by atoms with Crippen LogP contribution in [0.4, 0.5) is 0 Å². The van der Waals surface area contributed by atoms with Gasteiger partial charge in [-0.25, -0.2) is 0 Å². The Labute approximate surface area is 346 Å². The van der Waals surface area contributed by atoms with Crippen molar-refractivity contribution in [2.75, 3.05) is 0 Å². The summed E-state index contributed by atoms with van der Waals surface area (Å²) in [4.78, 5) is 54.0. The number of carbonyl (C=O) groups is 4. The molecule has 5 saturated carbocycles. The van der Waals surface area contributed by atoms with Gasteiger partial charge in [0.2, 0.25) is 5.91 Å². The van der Waals surface area contributed by atoms with Crippen LogP contribution in [-0.4, -0.2) is 45.9 Å². The van der Waals surface area contributed by atoms with Crippen molar-refractivity contribution in [2.45, 2.75) is 164 Å². The molecule has 1 aromatic rings. The van der Waals surface area contributed by atoms with Gasteiger partial charge in [0.05, 0.1) is 22.9 Å². The zero-order chi connectivity index (χ0) is 41.9. The summed E-state index contributed by atoms with van der Waals surface area (Å²) in [6.07, 6.45) is 8.16. The van der Waals surface area contributed by atoms with Crippen molar-refractivity contribution in [3.63, 3.8) is 0 Å². The molecule has 57 heavy (non-hydrogen) atoms. The maximum absolute atomic E-state index is 14.4. The standard InChI is InChI=1S/C48H69ClN2O6/c1-27(2)37-33(52)25-48(51-41(56)44(7,8)50-26-28-12-14-29(49)15-13-28)23-22-46(10)30(38(37)48)16-17-35-45(9)20-19-36(43(5,6)34(45)18-21-47(35,46)11)57-40(55)32-24-31(39(53)54)42(32,3)4/h12-15,27,30-32,34-36,50H,16-26H2,1-11H3,(H,51,56)(H,53,54)/t30-,31+,32-,34?,35-,36+,45+,46-,47-,48-/m1/s1. The minimum Gasteiger partial charge on any atom is -0.481 e. The fourth-order valence-electron chi connectivity index (χ4n) is 14.3. The summed E-state index contributed by atoms with van der Waals surface area (Å²) in [6.45, 7) is 24.7. The predicted molar refractivity (Wildman–Crippen MR) is 223 cm³/mol. The van der Waals surface area contributed by atoms with Crippen molar-refractivity contribution in [3.05, 3.63) is 46.0 Å². The Morgan fingerprint density at radius 3 is 2.14 bits per heavy atom. The third-order valence-electron chi connectivity index (χ3n) is 18.0. The highest BCUT2D eigenvalue weighted by atomic mass is 35.5. The molecular weight excluding hydrogens is 736 g/mol. The van der Waals surface area contributed by atoms with E-state index in [0.717, 1.165) is 62.5 Å². The fourth-order valence-corrected chi connectivity index (χ4v) is 14.4. The highest BCUT2D eigenvalue weighted by Gasteiger charge is 2.70. The first-order valence-electron chi connectivity index (χ1n) is 21.9. The summed E-state index contributed by atoms with van der Waals surface area (Å²) < 4.78 is 6.42. The molecule has 10 atom stereocenters. The number of benzene rings is 1. The van der Waals surface area contributed by atoms with Crippen molar-refractivity contribution >= 4 is 35.2 Å². The molecule has 1 unspecified atom stereocenters. The van der Waals surface area contributed by atoms with E-state index < -0.39 is 28.4 Å². The average molecular weight is 806 g/mol. The van der Waals surface area contributed by atoms with Crippen LogP contribution in [0.25, 0.3) is 0 Å². The van der Waals surface area contributed by atoms with Gasteiger partial charge in [-0.1, -0.05) is 86.0 Å². The van der Waals surface area contributed by atoms with E-state index in [1.54, 1.807) is 0 Å². The van der Waals surface area contributed by atoms with E-state index in [-0.39, 0.29) is 63.2 Å². The molecule has 6 aliphatic carbocycles. The van der Waals surface area contributed by atoms with E-state index in [9.17, 15) is 24.3 Å². The van der Waals surface area contributed by atoms with Crippen LogP contribution in [0.15, 0.2) is 35.4 Å². The Hall–Kier alpha value is -2.71. The van der Waals surface area contributed by atoms with Crippen molar-refractivity contribution in [1.82, 2.24) is 10.6 Å². The summed E-state index contributed by atoms with van der Waals surface area (Å²) in [5.74, 6) is -0.736. The Kier molecular flexibility index (Phi) is 10.4. The largest absolute Gasteiger partial charge is 0.481 e. The molecule has 1 aromatic carbocycles. The molecule has 6 aliphatic rings. The van der Waals surface area contributed by atoms with Crippen molar-refractivity contribution in [2.24, 2.45) is 62.6 Å². The molecule has 5 fully saturated rings. The van der Waals surface area contributed by atoms with Crippen LogP contribution >= 0.6 is 11.6 Å². The van der Waals surface area contributed by atoms with Gasteiger partial charge in [-0.15, -0.1) is 0 Å². The molecule has 7 rings (SSSR count). The lowest BCUT2D eigenvalue weighted by Crippen LogP contribution is -2.68. The lowest BCUT2D eigenvalue weighted by atomic mass is 9.33. The van der Waals surface area contributed by atoms with Crippen LogP contribution < -0.4 is 10.6 Å². The highest BCUT2D eigenvalue weighted by molar-refractivity contribution is 6.30. The van der Waals surface area contributed by atoms with Crippen molar-refractivity contribution < 1.29 is 29.0 Å². The van der Waals surface area contributed by atoms with Gasteiger partial charge in [0, 0.05) is 23.4 Å². The van der Waals surface area contributed by atoms with Crippen LogP contribution in [0.2, 0.25) is 5.02 Å². The normalized spacial score (nSPS) is 39.3. The second kappa shape index (κ2) is 13.9. The molecule has 0 radical (unpaired) electrons. The third kappa shape index (κ3) is 6.38. The van der Waals surface area contributed by atoms with Gasteiger partial charge in [-0.2, -0.15) is 0 Å². The molecule has 0 aliphatic heterocycles. The average Bonchev–Trinajstić information content (AvgIpc) is 3.40. The van der Waals surface area contributed by atoms with Gasteiger partial charge in [0.15, 0.2) is 5.78 Å². The van der Waals surface area contributed by atoms with Gasteiger partial charge in [-0.3, -0.25) is 24.5 Å². The first-order chi connectivity index (χ1) is 26.4. The highest BCUT2D eigenvalue weighted by Crippen LogP contribution is 2.76. The number of hydrogen-bond donors (Lipinski definition) is 3. The van der Waals surface area contributed by atoms with Crippen LogP contribution in [0.1, 0.15) is 146 Å². The number of fused-ring (bicyclic) bond motifs is 7. The number of amides is 1. The smallest absolute Gasteiger partial charge is 0.309 e. The quantitative estimate of drug-likeness (QED) is 0.213. The number of carboxylic acids is 1. The Morgan fingerprint density at radius 2 is 1.53 bits per heavy atom. The number of ether oxygens (including phenoxy) is 1. The summed E-state index contributed by atoms with van der Waals surface area (Å²) in [7, 11) is 0. The Balaban J connectivity index is 1.13. The summed E-state index contributed by atoms with van der Waals surface area (Å²) in [5, 5.41) is 17.4. The maximum Gasteiger partial charge on any atom is 0.309 e. The molecule has 0 heterocycles. The van der Waals surface area contributed by atoms with E-state index >= 15 is 0 Å². The topological polar surface area (TPSA) is 122 Å². The molecule has 3 N–H and O–H groups in total. The fraction of sp³-hybridized carbons (Fsp3) is 0.750. The molecule has 0 spiro atoms. The number of aliphatic carboxylic acids is 1. The third-order valence-corrected chi connectivity index (χ3v) is 18.3. The lowest BCUT2D eigenvalue weighted by Gasteiger charge is -2.72. The van der Waals surface area contributed by atoms with Gasteiger partial charge >= 0.3 is 11.9 Å². The maximum atomic E-state index is 14.4. The first kappa shape index (κ1) is 42.4. The number of nitrogens with one attached hydrogen (secondary N) is 2. The van der Waals surface area contributed by atoms with Crippen LogP contribution in [0, 0.1) is 62.6 Å². The first-order valence-corrected chi connectivity index (χ1v) is 22.3. The number of carboxylic acid groups (broad SMARTS) is 1. The van der Waals surface area contributed by atoms with Crippen LogP contribution in [0.3, 0.4) is 0 Å². The van der Waals surface area contributed by atoms with E-state index in [4.69, 9.17) is 16.3 Å². The Morgan fingerprint density at radius 1 is 0.860 bits per heavy atom. The number of halogens is 1. The second-order valence-corrected chi connectivity index (χ2v) is 22.6. The minimum atomic E-state index is -0.866. The number of esters is 1. The molecule has 0 saturated heterocycles. The molecule has 0 bridgehead atoms. The van der Waals surface area contributed by atoms with Crippen LogP contribution in [0.5, 0.6) is 0 Å². The minimum absolute atomic E-state index is 0.0266. The monoisotopic (exact) mass is 804 g/mol. The molecule has 314 valence electrons. The van der Waals surface area contributed by atoms with Gasteiger partial charge in [-0.05, 0) is 146 Å². The number of ketones is 1. The SMILES string of the molecule is CC(C)C1=C2[C@H]3CC[C@@H]4[C@@]5(C)CC[C@H](OC(=O)[C@H]6C[C@@H](C(=O)O)C6(C)C)C(C)(C)C5CC[C@@]4(C)[C@]3(C)CC[C@@]2(NC(=O)C(C)(C)NCc2ccc(Cl)cc2)CC1=O. The number of carbonyl (C=O) groups excluding carboxylic acids is 3. The van der Waals surface area contributed by atoms with Gasteiger partial charge in [0.25, 0.3) is 0 Å². The van der Waals surface area contributed by atoms with Crippen LogP contribution in [-0.2, 0) is 30.5 Å². The number of rotatable bonds is 9. The van der Waals surface area contributed by atoms with E-state index in [1.807, 2.05) is 52.0 Å². The molecule has 8 nitrogen and oxygen atoms in total. The molecule has 0 aromatic heterocycles. The number of allylic oxidation sites excluding steroid dienone is 1. The zero-order valence-electron chi connectivity index (χ0n) is 36.5. The predicted octanol–water partition coefficient (Wildman–Crippen LogP) is 9.72. The van der Waals surface area contributed by atoms with Crippen molar-refractivity contribution in [1.29, 1.82) is 0 Å². The van der Waals surface area contributed by atoms with Crippen molar-refractivity contribution in [3.8, 4) is 0 Å². The molecular formula is C48H69ClN2O6. The second-order valence-electron chi connectivity index (χ2n) is 22.1. The van der Waals surface area contributed by atoms with Gasteiger partial charge in [0.1, 0.15) is 6.10 Å². The number of hydrogen-bond acceptors (Lipinski definition) is 6. The zero-order valence-corrected chi connectivity index (χ0v) is 37.3. The van der Waals surface area contributed by atoms with E-state index in [2.05, 4.69) is 59.1 Å². The van der Waals surface area contributed by atoms with E-state index in [0.29, 0.717) is 36.2 Å². The molecule has 1 amide bonds. The lowest BCUT2D eigenvalue weighted by molar-refractivity contribution is -0.235.